The van der Waals surface area contributed by atoms with Crippen LogP contribution in [-0.4, -0.2) is 6.61 Å². The number of hydrogen-bond acceptors (Lipinski definition) is 4. The van der Waals surface area contributed by atoms with E-state index in [1.807, 2.05) is 6.07 Å². The highest BCUT2D eigenvalue weighted by Gasteiger charge is 2.14. The molecular formula is C13H10F2N2OS. The summed E-state index contributed by atoms with van der Waals surface area (Å²) >= 11 is 1.24. The molecule has 98 valence electrons. The van der Waals surface area contributed by atoms with E-state index >= 15 is 0 Å². The van der Waals surface area contributed by atoms with Crippen LogP contribution in [0.15, 0.2) is 24.3 Å². The number of halogens is 2. The first-order chi connectivity index (χ1) is 9.02. The van der Waals surface area contributed by atoms with E-state index in [1.54, 1.807) is 19.1 Å². The summed E-state index contributed by atoms with van der Waals surface area (Å²) in [5.74, 6) is 0.0809. The topological polar surface area (TPSA) is 59.0 Å². The molecule has 0 radical (unpaired) electrons. The number of rotatable bonds is 3. The SMILES string of the molecule is Cc1c(-c2cccc(OC(F)F)c2)sc(C#N)c1N. The van der Waals surface area contributed by atoms with Crippen LogP contribution in [0, 0.1) is 18.3 Å². The van der Waals surface area contributed by atoms with Crippen molar-refractivity contribution in [3.8, 4) is 22.3 Å². The third kappa shape index (κ3) is 2.66. The lowest BCUT2D eigenvalue weighted by Gasteiger charge is -2.06. The number of nitrogens with zero attached hydrogens (tertiary/aromatic N) is 1. The largest absolute Gasteiger partial charge is 0.435 e. The molecule has 0 spiro atoms. The van der Waals surface area contributed by atoms with E-state index in [1.165, 1.54) is 23.5 Å². The molecule has 1 aromatic carbocycles. The van der Waals surface area contributed by atoms with Crippen LogP contribution in [0.2, 0.25) is 0 Å². The quantitative estimate of drug-likeness (QED) is 0.930. The predicted octanol–water partition coefficient (Wildman–Crippen LogP) is 3.78. The van der Waals surface area contributed by atoms with Crippen LogP contribution >= 0.6 is 11.3 Å². The summed E-state index contributed by atoms with van der Waals surface area (Å²) in [4.78, 5) is 1.21. The van der Waals surface area contributed by atoms with Crippen molar-refractivity contribution < 1.29 is 13.5 Å². The van der Waals surface area contributed by atoms with Crippen LogP contribution in [0.4, 0.5) is 14.5 Å². The predicted molar refractivity (Wildman–Crippen MR) is 70.3 cm³/mol. The van der Waals surface area contributed by atoms with E-state index in [4.69, 9.17) is 11.0 Å². The van der Waals surface area contributed by atoms with Crippen LogP contribution in [-0.2, 0) is 0 Å². The molecule has 0 amide bonds. The Labute approximate surface area is 112 Å². The Balaban J connectivity index is 2.45. The molecule has 0 aliphatic heterocycles. The molecule has 0 unspecified atom stereocenters. The highest BCUT2D eigenvalue weighted by Crippen LogP contribution is 2.38. The molecule has 2 aromatic rings. The maximum absolute atomic E-state index is 12.2. The number of alkyl halides is 2. The summed E-state index contributed by atoms with van der Waals surface area (Å²) in [5.41, 5.74) is 7.72. The van der Waals surface area contributed by atoms with Crippen molar-refractivity contribution in [2.75, 3.05) is 5.73 Å². The number of benzene rings is 1. The van der Waals surface area contributed by atoms with Gasteiger partial charge in [0.05, 0.1) is 5.69 Å². The molecule has 0 aliphatic carbocycles. The van der Waals surface area contributed by atoms with E-state index in [9.17, 15) is 8.78 Å². The first-order valence-corrected chi connectivity index (χ1v) is 6.18. The zero-order valence-corrected chi connectivity index (χ0v) is 10.8. The minimum Gasteiger partial charge on any atom is -0.435 e. The zero-order valence-electron chi connectivity index (χ0n) is 9.98. The minimum absolute atomic E-state index is 0.0809. The normalized spacial score (nSPS) is 10.5. The minimum atomic E-state index is -2.86. The van der Waals surface area contributed by atoms with Gasteiger partial charge < -0.3 is 10.5 Å². The van der Waals surface area contributed by atoms with Crippen molar-refractivity contribution in [3.05, 3.63) is 34.7 Å². The molecule has 3 nitrogen and oxygen atoms in total. The second-order valence-electron chi connectivity index (χ2n) is 3.82. The van der Waals surface area contributed by atoms with Gasteiger partial charge in [-0.15, -0.1) is 11.3 Å². The molecule has 0 atom stereocenters. The Morgan fingerprint density at radius 1 is 1.42 bits per heavy atom. The van der Waals surface area contributed by atoms with E-state index in [-0.39, 0.29) is 5.75 Å². The number of ether oxygens (including phenoxy) is 1. The van der Waals surface area contributed by atoms with Crippen molar-refractivity contribution in [3.63, 3.8) is 0 Å². The molecule has 2 rings (SSSR count). The Hall–Kier alpha value is -2.13. The molecule has 19 heavy (non-hydrogen) atoms. The Bertz CT molecular complexity index is 647. The van der Waals surface area contributed by atoms with Gasteiger partial charge in [0.1, 0.15) is 16.7 Å². The van der Waals surface area contributed by atoms with Gasteiger partial charge in [0.25, 0.3) is 0 Å². The van der Waals surface area contributed by atoms with Crippen LogP contribution < -0.4 is 10.5 Å². The molecule has 6 heteroatoms. The van der Waals surface area contributed by atoms with E-state index < -0.39 is 6.61 Å². The highest BCUT2D eigenvalue weighted by atomic mass is 32.1. The van der Waals surface area contributed by atoms with Gasteiger partial charge in [-0.2, -0.15) is 14.0 Å². The van der Waals surface area contributed by atoms with Crippen molar-refractivity contribution in [2.45, 2.75) is 13.5 Å². The van der Waals surface area contributed by atoms with Gasteiger partial charge in [-0.3, -0.25) is 0 Å². The standard InChI is InChI=1S/C13H10F2N2OS/c1-7-11(17)10(6-16)19-12(7)8-3-2-4-9(5-8)18-13(14)15/h2-5,13H,17H2,1H3. The van der Waals surface area contributed by atoms with Gasteiger partial charge in [0.2, 0.25) is 0 Å². The van der Waals surface area contributed by atoms with Gasteiger partial charge >= 0.3 is 6.61 Å². The van der Waals surface area contributed by atoms with Crippen molar-refractivity contribution in [2.24, 2.45) is 0 Å². The second kappa shape index (κ2) is 5.24. The fourth-order valence-corrected chi connectivity index (χ4v) is 2.72. The average molecular weight is 280 g/mol. The molecule has 0 fully saturated rings. The maximum atomic E-state index is 12.2. The third-order valence-electron chi connectivity index (χ3n) is 2.62. The summed E-state index contributed by atoms with van der Waals surface area (Å²) in [6, 6.07) is 8.35. The van der Waals surface area contributed by atoms with E-state index in [0.29, 0.717) is 16.1 Å². The highest BCUT2D eigenvalue weighted by molar-refractivity contribution is 7.16. The monoisotopic (exact) mass is 280 g/mol. The lowest BCUT2D eigenvalue weighted by Crippen LogP contribution is -2.01. The van der Waals surface area contributed by atoms with Crippen LogP contribution in [0.1, 0.15) is 10.4 Å². The van der Waals surface area contributed by atoms with Gasteiger partial charge in [0.15, 0.2) is 0 Å². The van der Waals surface area contributed by atoms with Crippen molar-refractivity contribution in [1.82, 2.24) is 0 Å². The molecule has 0 saturated heterocycles. The van der Waals surface area contributed by atoms with Gasteiger partial charge in [-0.05, 0) is 30.2 Å². The van der Waals surface area contributed by atoms with Crippen LogP contribution in [0.5, 0.6) is 5.75 Å². The third-order valence-corrected chi connectivity index (χ3v) is 3.88. The number of nitrogens with two attached hydrogens (primary N) is 1. The van der Waals surface area contributed by atoms with E-state index in [0.717, 1.165) is 10.4 Å². The molecule has 2 N–H and O–H groups in total. The summed E-state index contributed by atoms with van der Waals surface area (Å²) in [6.07, 6.45) is 0. The van der Waals surface area contributed by atoms with Crippen molar-refractivity contribution >= 4 is 17.0 Å². The molecule has 0 saturated carbocycles. The molecule has 1 heterocycles. The summed E-state index contributed by atoms with van der Waals surface area (Å²) in [7, 11) is 0. The number of anilines is 1. The average Bonchev–Trinajstić information content (AvgIpc) is 2.65. The summed E-state index contributed by atoms with van der Waals surface area (Å²) in [6.45, 7) is -1.07. The first-order valence-electron chi connectivity index (χ1n) is 5.37. The van der Waals surface area contributed by atoms with Gasteiger partial charge in [0, 0.05) is 4.88 Å². The smallest absolute Gasteiger partial charge is 0.387 e. The lowest BCUT2D eigenvalue weighted by molar-refractivity contribution is -0.0498. The maximum Gasteiger partial charge on any atom is 0.387 e. The Morgan fingerprint density at radius 3 is 2.74 bits per heavy atom. The second-order valence-corrected chi connectivity index (χ2v) is 4.84. The van der Waals surface area contributed by atoms with E-state index in [2.05, 4.69) is 4.74 Å². The van der Waals surface area contributed by atoms with Crippen LogP contribution in [0.3, 0.4) is 0 Å². The molecule has 0 aliphatic rings. The molecular weight excluding hydrogens is 270 g/mol. The zero-order chi connectivity index (χ0) is 14.0. The Kier molecular flexibility index (Phi) is 3.67. The summed E-state index contributed by atoms with van der Waals surface area (Å²) in [5, 5.41) is 8.93. The lowest BCUT2D eigenvalue weighted by atomic mass is 10.1. The fourth-order valence-electron chi connectivity index (χ4n) is 1.70. The number of nitrogen functional groups attached to an aromatic ring is 1. The number of hydrogen-bond donors (Lipinski definition) is 1. The Morgan fingerprint density at radius 2 is 2.16 bits per heavy atom. The van der Waals surface area contributed by atoms with Crippen LogP contribution in [0.25, 0.3) is 10.4 Å². The number of thiophene rings is 1. The molecule has 0 bridgehead atoms. The summed E-state index contributed by atoms with van der Waals surface area (Å²) < 4.78 is 28.7. The first kappa shape index (κ1) is 13.3. The number of nitriles is 1. The van der Waals surface area contributed by atoms with Gasteiger partial charge in [-0.25, -0.2) is 0 Å². The van der Waals surface area contributed by atoms with Crippen molar-refractivity contribution in [1.29, 1.82) is 5.26 Å². The fraction of sp³-hybridized carbons (Fsp3) is 0.154. The van der Waals surface area contributed by atoms with Gasteiger partial charge in [-0.1, -0.05) is 12.1 Å². The molecule has 1 aromatic heterocycles.